The molecule has 2 aromatic rings. The first-order valence-electron chi connectivity index (χ1n) is 9.06. The monoisotopic (exact) mass is 404 g/mol. The van der Waals surface area contributed by atoms with Crippen molar-refractivity contribution < 1.29 is 19.1 Å². The number of carbonyl (C=O) groups excluding carboxylic acids is 2. The molecule has 148 valence electrons. The molecule has 0 unspecified atom stereocenters. The zero-order valence-electron chi connectivity index (χ0n) is 15.9. The molecule has 28 heavy (non-hydrogen) atoms. The molecule has 0 saturated carbocycles. The van der Waals surface area contributed by atoms with Crippen LogP contribution in [0.2, 0.25) is 5.02 Å². The van der Waals surface area contributed by atoms with Crippen LogP contribution in [-0.2, 0) is 6.54 Å². The van der Waals surface area contributed by atoms with Gasteiger partial charge in [0.2, 0.25) is 0 Å². The fourth-order valence-electron chi connectivity index (χ4n) is 3.47. The predicted molar refractivity (Wildman–Crippen MR) is 106 cm³/mol. The number of benzene rings is 2. The fraction of sp³-hybridized carbons (Fsp3) is 0.333. The van der Waals surface area contributed by atoms with E-state index in [1.807, 2.05) is 13.8 Å². The van der Waals surface area contributed by atoms with E-state index in [1.165, 1.54) is 12.1 Å². The molecule has 0 bridgehead atoms. The van der Waals surface area contributed by atoms with Gasteiger partial charge < -0.3 is 15.3 Å². The summed E-state index contributed by atoms with van der Waals surface area (Å²) in [4.78, 5) is 27.3. The van der Waals surface area contributed by atoms with Gasteiger partial charge in [-0.1, -0.05) is 43.6 Å². The Balaban J connectivity index is 1.94. The van der Waals surface area contributed by atoms with Crippen LogP contribution in [0, 0.1) is 18.7 Å². The van der Waals surface area contributed by atoms with E-state index >= 15 is 0 Å². The average molecular weight is 405 g/mol. The summed E-state index contributed by atoms with van der Waals surface area (Å²) < 4.78 is 14.4. The minimum atomic E-state index is -0.714. The lowest BCUT2D eigenvalue weighted by Crippen LogP contribution is -2.41. The maximum absolute atomic E-state index is 14.4. The Kier molecular flexibility index (Phi) is 5.72. The number of nitrogens with zero attached hydrogens (tertiary/aromatic N) is 1. The highest BCUT2D eigenvalue weighted by Gasteiger charge is 2.36. The van der Waals surface area contributed by atoms with E-state index < -0.39 is 11.7 Å². The fourth-order valence-corrected chi connectivity index (χ4v) is 3.71. The predicted octanol–water partition coefficient (Wildman–Crippen LogP) is 4.01. The number of nitrogens with one attached hydrogen (secondary N) is 1. The van der Waals surface area contributed by atoms with E-state index in [-0.39, 0.29) is 35.1 Å². The number of halogens is 2. The van der Waals surface area contributed by atoms with Crippen LogP contribution in [0.5, 0.6) is 0 Å². The number of fused-ring (bicyclic) bond motifs is 1. The SMILES string of the molecule is Cc1ccc(Cl)c(C(=O)Nc2cccc3c2C(=O)N([C@@H](CO)C(C)C)C3)c1F. The van der Waals surface area contributed by atoms with Gasteiger partial charge in [0.05, 0.1) is 34.5 Å². The first-order chi connectivity index (χ1) is 13.3. The van der Waals surface area contributed by atoms with Gasteiger partial charge in [0, 0.05) is 6.54 Å². The van der Waals surface area contributed by atoms with Crippen LogP contribution in [0.3, 0.4) is 0 Å². The number of hydrogen-bond donors (Lipinski definition) is 2. The molecular weight excluding hydrogens is 383 g/mol. The molecule has 1 aliphatic heterocycles. The summed E-state index contributed by atoms with van der Waals surface area (Å²) in [6.45, 7) is 5.61. The lowest BCUT2D eigenvalue weighted by atomic mass is 10.0. The van der Waals surface area contributed by atoms with Crippen molar-refractivity contribution >= 4 is 29.1 Å². The second-order valence-electron chi connectivity index (χ2n) is 7.27. The normalized spacial score (nSPS) is 14.4. The summed E-state index contributed by atoms with van der Waals surface area (Å²) in [5.74, 6) is -1.60. The molecular formula is C21H22ClFN2O3. The smallest absolute Gasteiger partial charge is 0.260 e. The van der Waals surface area contributed by atoms with E-state index in [0.717, 1.165) is 5.56 Å². The van der Waals surface area contributed by atoms with Crippen molar-refractivity contribution in [2.75, 3.05) is 11.9 Å². The third kappa shape index (κ3) is 3.50. The molecule has 1 aliphatic rings. The van der Waals surface area contributed by atoms with E-state index in [9.17, 15) is 19.1 Å². The molecule has 0 aromatic heterocycles. The highest BCUT2D eigenvalue weighted by Crippen LogP contribution is 2.33. The average Bonchev–Trinajstić information content (AvgIpc) is 2.96. The van der Waals surface area contributed by atoms with Gasteiger partial charge in [-0.05, 0) is 36.1 Å². The summed E-state index contributed by atoms with van der Waals surface area (Å²) in [6.07, 6.45) is 0. The Hall–Kier alpha value is -2.44. The molecule has 0 radical (unpaired) electrons. The minimum absolute atomic E-state index is 0.00119. The highest BCUT2D eigenvalue weighted by atomic mass is 35.5. The second kappa shape index (κ2) is 7.89. The van der Waals surface area contributed by atoms with E-state index in [4.69, 9.17) is 11.6 Å². The van der Waals surface area contributed by atoms with E-state index in [2.05, 4.69) is 5.32 Å². The number of hydrogen-bond acceptors (Lipinski definition) is 3. The Morgan fingerprint density at radius 3 is 2.68 bits per heavy atom. The van der Waals surface area contributed by atoms with Gasteiger partial charge >= 0.3 is 0 Å². The number of anilines is 1. The molecule has 2 aromatic carbocycles. The van der Waals surface area contributed by atoms with Crippen LogP contribution in [0.15, 0.2) is 30.3 Å². The number of aliphatic hydroxyl groups is 1. The molecule has 1 heterocycles. The molecule has 0 aliphatic carbocycles. The number of rotatable bonds is 5. The molecule has 0 saturated heterocycles. The van der Waals surface area contributed by atoms with Crippen LogP contribution in [0.25, 0.3) is 0 Å². The third-order valence-corrected chi connectivity index (χ3v) is 5.40. The molecule has 7 heteroatoms. The standard InChI is InChI=1S/C21H22ClFN2O3/c1-11(2)16(10-26)25-9-13-5-4-6-15(17(13)21(25)28)24-20(27)18-14(22)8-7-12(3)19(18)23/h4-8,11,16,26H,9-10H2,1-3H3,(H,24,27)/t16-/m0/s1. The Labute approximate surface area is 168 Å². The summed E-state index contributed by atoms with van der Waals surface area (Å²) in [5.41, 5.74) is 1.46. The van der Waals surface area contributed by atoms with Crippen molar-refractivity contribution in [3.8, 4) is 0 Å². The van der Waals surface area contributed by atoms with Gasteiger partial charge in [0.15, 0.2) is 0 Å². The molecule has 5 nitrogen and oxygen atoms in total. The molecule has 0 spiro atoms. The van der Waals surface area contributed by atoms with Crippen molar-refractivity contribution in [2.24, 2.45) is 5.92 Å². The Morgan fingerprint density at radius 2 is 2.04 bits per heavy atom. The molecule has 2 N–H and O–H groups in total. The zero-order chi connectivity index (χ0) is 20.6. The molecule has 3 rings (SSSR count). The van der Waals surface area contributed by atoms with Crippen LogP contribution >= 0.6 is 11.6 Å². The van der Waals surface area contributed by atoms with Gasteiger partial charge in [-0.3, -0.25) is 9.59 Å². The van der Waals surface area contributed by atoms with Gasteiger partial charge in [-0.2, -0.15) is 0 Å². The van der Waals surface area contributed by atoms with Crippen LogP contribution in [0.4, 0.5) is 10.1 Å². The van der Waals surface area contributed by atoms with Crippen molar-refractivity contribution in [3.63, 3.8) is 0 Å². The maximum Gasteiger partial charge on any atom is 0.260 e. The molecule has 0 fully saturated rings. The van der Waals surface area contributed by atoms with Crippen LogP contribution in [0.1, 0.15) is 45.7 Å². The number of aryl methyl sites for hydroxylation is 1. The Bertz CT molecular complexity index is 945. The van der Waals surface area contributed by atoms with Crippen molar-refractivity contribution in [1.29, 1.82) is 0 Å². The van der Waals surface area contributed by atoms with Crippen molar-refractivity contribution in [3.05, 3.63) is 63.4 Å². The number of aliphatic hydroxyl groups excluding tert-OH is 1. The first kappa shape index (κ1) is 20.3. The van der Waals surface area contributed by atoms with E-state index in [1.54, 1.807) is 30.0 Å². The Morgan fingerprint density at radius 1 is 1.32 bits per heavy atom. The topological polar surface area (TPSA) is 69.6 Å². The molecule has 1 atom stereocenters. The second-order valence-corrected chi connectivity index (χ2v) is 7.68. The minimum Gasteiger partial charge on any atom is -0.394 e. The molecule has 2 amide bonds. The van der Waals surface area contributed by atoms with Gasteiger partial charge in [0.1, 0.15) is 5.82 Å². The van der Waals surface area contributed by atoms with Gasteiger partial charge in [0.25, 0.3) is 11.8 Å². The largest absolute Gasteiger partial charge is 0.394 e. The van der Waals surface area contributed by atoms with Crippen molar-refractivity contribution in [2.45, 2.75) is 33.4 Å². The first-order valence-corrected chi connectivity index (χ1v) is 9.43. The quantitative estimate of drug-likeness (QED) is 0.791. The van der Waals surface area contributed by atoms with Gasteiger partial charge in [-0.25, -0.2) is 4.39 Å². The van der Waals surface area contributed by atoms with Gasteiger partial charge in [-0.15, -0.1) is 0 Å². The van der Waals surface area contributed by atoms with E-state index in [0.29, 0.717) is 23.4 Å². The lowest BCUT2D eigenvalue weighted by Gasteiger charge is -2.29. The van der Waals surface area contributed by atoms with Crippen LogP contribution < -0.4 is 5.32 Å². The number of amides is 2. The maximum atomic E-state index is 14.4. The number of carbonyl (C=O) groups is 2. The third-order valence-electron chi connectivity index (χ3n) is 5.08. The lowest BCUT2D eigenvalue weighted by molar-refractivity contribution is 0.0533. The zero-order valence-corrected chi connectivity index (χ0v) is 16.7. The van der Waals surface area contributed by atoms with Crippen LogP contribution in [-0.4, -0.2) is 34.5 Å². The summed E-state index contributed by atoms with van der Waals surface area (Å²) in [6, 6.07) is 7.76. The summed E-state index contributed by atoms with van der Waals surface area (Å²) in [7, 11) is 0. The highest BCUT2D eigenvalue weighted by molar-refractivity contribution is 6.34. The summed E-state index contributed by atoms with van der Waals surface area (Å²) in [5, 5.41) is 12.3. The van der Waals surface area contributed by atoms with Crippen molar-refractivity contribution in [1.82, 2.24) is 4.90 Å². The summed E-state index contributed by atoms with van der Waals surface area (Å²) >= 11 is 6.02.